The van der Waals surface area contributed by atoms with Gasteiger partial charge in [0.15, 0.2) is 5.76 Å². The lowest BCUT2D eigenvalue weighted by Gasteiger charge is -1.95. The number of benzene rings is 1. The fourth-order valence-corrected chi connectivity index (χ4v) is 1.73. The number of halogens is 2. The summed E-state index contributed by atoms with van der Waals surface area (Å²) in [6.07, 6.45) is 0. The maximum absolute atomic E-state index is 13.1. The maximum atomic E-state index is 13.1. The van der Waals surface area contributed by atoms with E-state index in [1.54, 1.807) is 12.1 Å². The zero-order valence-electron chi connectivity index (χ0n) is 10.1. The Labute approximate surface area is 112 Å². The van der Waals surface area contributed by atoms with Crippen LogP contribution in [0.15, 0.2) is 39.3 Å². The fourth-order valence-electron chi connectivity index (χ4n) is 1.73. The molecule has 2 aromatic heterocycles. The van der Waals surface area contributed by atoms with Crippen LogP contribution in [0.2, 0.25) is 0 Å². The average molecular weight is 277 g/mol. The largest absolute Gasteiger partial charge is 0.455 e. The van der Waals surface area contributed by atoms with Crippen molar-refractivity contribution in [2.45, 2.75) is 6.54 Å². The molecule has 0 bridgehead atoms. The molecule has 0 aliphatic rings. The van der Waals surface area contributed by atoms with Crippen molar-refractivity contribution in [1.82, 2.24) is 10.1 Å². The lowest BCUT2D eigenvalue weighted by molar-refractivity contribution is 0.412. The van der Waals surface area contributed by atoms with E-state index in [9.17, 15) is 8.78 Å². The van der Waals surface area contributed by atoms with Gasteiger partial charge in [-0.15, -0.1) is 0 Å². The smallest absolute Gasteiger partial charge is 0.293 e. The van der Waals surface area contributed by atoms with E-state index in [1.807, 2.05) is 0 Å². The number of furan rings is 1. The second-order valence-corrected chi connectivity index (χ2v) is 4.05. The van der Waals surface area contributed by atoms with Crippen LogP contribution in [0.5, 0.6) is 0 Å². The minimum absolute atomic E-state index is 0.0732. The van der Waals surface area contributed by atoms with Gasteiger partial charge in [0, 0.05) is 11.6 Å². The molecule has 0 saturated carbocycles. The summed E-state index contributed by atoms with van der Waals surface area (Å²) in [6.45, 7) is 0.246. The molecule has 0 saturated heterocycles. The molecule has 0 radical (unpaired) electrons. The Morgan fingerprint density at radius 2 is 1.85 bits per heavy atom. The van der Waals surface area contributed by atoms with Crippen molar-refractivity contribution >= 4 is 0 Å². The van der Waals surface area contributed by atoms with E-state index in [2.05, 4.69) is 10.1 Å². The molecule has 0 fully saturated rings. The van der Waals surface area contributed by atoms with Crippen LogP contribution < -0.4 is 5.73 Å². The molecule has 1 aromatic carbocycles. The van der Waals surface area contributed by atoms with Crippen LogP contribution in [-0.4, -0.2) is 10.1 Å². The first-order valence-electron chi connectivity index (χ1n) is 5.75. The average Bonchev–Trinajstić information content (AvgIpc) is 3.06. The number of hydrogen-bond acceptors (Lipinski definition) is 5. The zero-order chi connectivity index (χ0) is 14.1. The lowest BCUT2D eigenvalue weighted by atomic mass is 10.2. The summed E-state index contributed by atoms with van der Waals surface area (Å²) in [5.41, 5.74) is 5.61. The van der Waals surface area contributed by atoms with E-state index in [0.29, 0.717) is 11.5 Å². The van der Waals surface area contributed by atoms with E-state index in [0.717, 1.165) is 18.2 Å². The highest BCUT2D eigenvalue weighted by Gasteiger charge is 2.15. The SMILES string of the molecule is NCc1ccc(-c2nc(-c3cc(F)cc(F)c3)no2)o1. The molecule has 0 aliphatic heterocycles. The van der Waals surface area contributed by atoms with E-state index in [4.69, 9.17) is 14.7 Å². The molecule has 2 heterocycles. The fraction of sp³-hybridized carbons (Fsp3) is 0.0769. The van der Waals surface area contributed by atoms with Crippen LogP contribution in [0.25, 0.3) is 23.0 Å². The van der Waals surface area contributed by atoms with E-state index in [-0.39, 0.29) is 23.8 Å². The van der Waals surface area contributed by atoms with E-state index in [1.165, 1.54) is 0 Å². The molecule has 20 heavy (non-hydrogen) atoms. The van der Waals surface area contributed by atoms with Crippen molar-refractivity contribution in [2.75, 3.05) is 0 Å². The van der Waals surface area contributed by atoms with Crippen LogP contribution in [0, 0.1) is 11.6 Å². The van der Waals surface area contributed by atoms with Gasteiger partial charge in [-0.2, -0.15) is 4.98 Å². The summed E-state index contributed by atoms with van der Waals surface area (Å²) in [5.74, 6) is -0.323. The summed E-state index contributed by atoms with van der Waals surface area (Å²) >= 11 is 0. The van der Waals surface area contributed by atoms with Gasteiger partial charge < -0.3 is 14.7 Å². The topological polar surface area (TPSA) is 78.1 Å². The molecular formula is C13H9F2N3O2. The first-order valence-corrected chi connectivity index (χ1v) is 5.75. The van der Waals surface area contributed by atoms with Gasteiger partial charge in [-0.25, -0.2) is 8.78 Å². The van der Waals surface area contributed by atoms with Gasteiger partial charge in [0.25, 0.3) is 5.89 Å². The third-order valence-electron chi connectivity index (χ3n) is 2.62. The Bertz CT molecular complexity index is 731. The van der Waals surface area contributed by atoms with Crippen LogP contribution in [0.4, 0.5) is 8.78 Å². The van der Waals surface area contributed by atoms with Gasteiger partial charge in [0.2, 0.25) is 5.82 Å². The number of nitrogens with zero attached hydrogens (tertiary/aromatic N) is 2. The highest BCUT2D eigenvalue weighted by molar-refractivity contribution is 5.57. The Hall–Kier alpha value is -2.54. The summed E-state index contributed by atoms with van der Waals surface area (Å²) in [5, 5.41) is 3.67. The first-order chi connectivity index (χ1) is 9.65. The molecule has 0 atom stereocenters. The van der Waals surface area contributed by atoms with Gasteiger partial charge in [-0.1, -0.05) is 5.16 Å². The normalized spacial score (nSPS) is 10.9. The number of rotatable bonds is 3. The highest BCUT2D eigenvalue weighted by Crippen LogP contribution is 2.24. The Kier molecular flexibility index (Phi) is 3.03. The van der Waals surface area contributed by atoms with Crippen molar-refractivity contribution in [3.63, 3.8) is 0 Å². The quantitative estimate of drug-likeness (QED) is 0.796. The predicted octanol–water partition coefficient (Wildman–Crippen LogP) is 2.73. The molecule has 102 valence electrons. The van der Waals surface area contributed by atoms with Gasteiger partial charge in [0.1, 0.15) is 17.4 Å². The number of hydrogen-bond donors (Lipinski definition) is 1. The molecule has 3 rings (SSSR count). The lowest BCUT2D eigenvalue weighted by Crippen LogP contribution is -1.92. The summed E-state index contributed by atoms with van der Waals surface area (Å²) in [6, 6.07) is 6.31. The van der Waals surface area contributed by atoms with E-state index >= 15 is 0 Å². The Morgan fingerprint density at radius 3 is 2.50 bits per heavy atom. The molecule has 0 spiro atoms. The van der Waals surface area contributed by atoms with Gasteiger partial charge in [-0.05, 0) is 24.3 Å². The van der Waals surface area contributed by atoms with Gasteiger partial charge in [-0.3, -0.25) is 0 Å². The summed E-state index contributed by atoms with van der Waals surface area (Å²) in [7, 11) is 0. The number of nitrogens with two attached hydrogens (primary N) is 1. The molecule has 0 aliphatic carbocycles. The van der Waals surface area contributed by atoms with Crippen molar-refractivity contribution in [2.24, 2.45) is 5.73 Å². The second kappa shape index (κ2) is 4.86. The Balaban J connectivity index is 1.97. The summed E-state index contributed by atoms with van der Waals surface area (Å²) in [4.78, 5) is 4.03. The van der Waals surface area contributed by atoms with Gasteiger partial charge in [0.05, 0.1) is 6.54 Å². The van der Waals surface area contributed by atoms with Crippen LogP contribution in [0.1, 0.15) is 5.76 Å². The van der Waals surface area contributed by atoms with Crippen LogP contribution in [0.3, 0.4) is 0 Å². The molecule has 0 amide bonds. The molecular weight excluding hydrogens is 268 g/mol. The minimum Gasteiger partial charge on any atom is -0.455 e. The van der Waals surface area contributed by atoms with Crippen LogP contribution in [-0.2, 0) is 6.54 Å². The second-order valence-electron chi connectivity index (χ2n) is 4.05. The molecule has 7 heteroatoms. The number of aromatic nitrogens is 2. The maximum Gasteiger partial charge on any atom is 0.293 e. The zero-order valence-corrected chi connectivity index (χ0v) is 10.1. The van der Waals surface area contributed by atoms with Gasteiger partial charge >= 0.3 is 0 Å². The monoisotopic (exact) mass is 277 g/mol. The Morgan fingerprint density at radius 1 is 1.10 bits per heavy atom. The van der Waals surface area contributed by atoms with Crippen molar-refractivity contribution in [1.29, 1.82) is 0 Å². The van der Waals surface area contributed by atoms with Crippen LogP contribution >= 0.6 is 0 Å². The molecule has 3 aromatic rings. The van der Waals surface area contributed by atoms with Crippen molar-refractivity contribution in [3.8, 4) is 23.0 Å². The third-order valence-corrected chi connectivity index (χ3v) is 2.62. The van der Waals surface area contributed by atoms with E-state index < -0.39 is 11.6 Å². The molecule has 5 nitrogen and oxygen atoms in total. The first kappa shape index (κ1) is 12.5. The molecule has 0 unspecified atom stereocenters. The highest BCUT2D eigenvalue weighted by atomic mass is 19.1. The van der Waals surface area contributed by atoms with Crippen molar-refractivity contribution in [3.05, 3.63) is 47.7 Å². The van der Waals surface area contributed by atoms with Crippen molar-refractivity contribution < 1.29 is 17.7 Å². The molecule has 2 N–H and O–H groups in total. The third kappa shape index (κ3) is 2.30. The summed E-state index contributed by atoms with van der Waals surface area (Å²) < 4.78 is 36.6. The standard InChI is InChI=1S/C13H9F2N3O2/c14-8-3-7(4-9(15)5-8)12-17-13(20-18-12)11-2-1-10(6-16)19-11/h1-5H,6,16H2. The predicted molar refractivity (Wildman–Crippen MR) is 65.2 cm³/mol. The minimum atomic E-state index is -0.713.